The van der Waals surface area contributed by atoms with Gasteiger partial charge in [-0.2, -0.15) is 18.2 Å². The molecule has 1 N–H and O–H groups in total. The fourth-order valence-electron chi connectivity index (χ4n) is 2.10. The fraction of sp³-hybridized carbons (Fsp3) is 0.375. The van der Waals surface area contributed by atoms with Crippen LogP contribution in [0.1, 0.15) is 25.0 Å². The predicted molar refractivity (Wildman–Crippen MR) is 81.9 cm³/mol. The molecule has 2 rings (SSSR count). The maximum atomic E-state index is 12.8. The first-order valence-corrected chi connectivity index (χ1v) is 7.13. The Morgan fingerprint density at radius 1 is 1.17 bits per heavy atom. The first-order valence-electron chi connectivity index (χ1n) is 7.13. The minimum absolute atomic E-state index is 0.0476. The van der Waals surface area contributed by atoms with E-state index in [-0.39, 0.29) is 5.95 Å². The average Bonchev–Trinajstić information content (AvgIpc) is 2.47. The summed E-state index contributed by atoms with van der Waals surface area (Å²) < 4.78 is 43.0. The van der Waals surface area contributed by atoms with Crippen molar-refractivity contribution in [2.24, 2.45) is 5.92 Å². The van der Waals surface area contributed by atoms with Crippen molar-refractivity contribution in [1.82, 2.24) is 9.97 Å². The number of hydrogen-bond acceptors (Lipinski definition) is 4. The Labute approximate surface area is 132 Å². The molecule has 0 aliphatic carbocycles. The van der Waals surface area contributed by atoms with Gasteiger partial charge in [0.05, 0.1) is 7.11 Å². The van der Waals surface area contributed by atoms with Crippen molar-refractivity contribution in [3.8, 4) is 5.88 Å². The summed E-state index contributed by atoms with van der Waals surface area (Å²) in [7, 11) is 1.14. The van der Waals surface area contributed by atoms with E-state index in [2.05, 4.69) is 29.1 Å². The highest BCUT2D eigenvalue weighted by molar-refractivity contribution is 5.54. The molecule has 0 radical (unpaired) electrons. The lowest BCUT2D eigenvalue weighted by molar-refractivity contribution is -0.139. The molecule has 124 valence electrons. The molecule has 0 amide bonds. The molecule has 1 aromatic carbocycles. The maximum absolute atomic E-state index is 12.8. The fourth-order valence-corrected chi connectivity index (χ4v) is 2.10. The third kappa shape index (κ3) is 4.58. The quantitative estimate of drug-likeness (QED) is 0.882. The van der Waals surface area contributed by atoms with Crippen LogP contribution < -0.4 is 10.1 Å². The van der Waals surface area contributed by atoms with E-state index in [9.17, 15) is 13.2 Å². The molecular formula is C16H18F3N3O. The van der Waals surface area contributed by atoms with Crippen LogP contribution in [0.3, 0.4) is 0 Å². The average molecular weight is 325 g/mol. The van der Waals surface area contributed by atoms with Crippen LogP contribution in [0.15, 0.2) is 30.5 Å². The van der Waals surface area contributed by atoms with Gasteiger partial charge in [-0.25, -0.2) is 4.98 Å². The van der Waals surface area contributed by atoms with Crippen molar-refractivity contribution in [2.45, 2.75) is 26.4 Å². The van der Waals surface area contributed by atoms with Gasteiger partial charge in [-0.05, 0) is 30.0 Å². The van der Waals surface area contributed by atoms with Crippen molar-refractivity contribution in [3.63, 3.8) is 0 Å². The molecule has 0 fully saturated rings. The normalized spacial score (nSPS) is 11.6. The van der Waals surface area contributed by atoms with E-state index in [1.54, 1.807) is 0 Å². The molecule has 2 aromatic rings. The van der Waals surface area contributed by atoms with Crippen molar-refractivity contribution in [2.75, 3.05) is 12.4 Å². The van der Waals surface area contributed by atoms with E-state index >= 15 is 0 Å². The van der Waals surface area contributed by atoms with Crippen LogP contribution in [-0.4, -0.2) is 17.1 Å². The molecule has 0 aliphatic heterocycles. The van der Waals surface area contributed by atoms with Gasteiger partial charge in [0.1, 0.15) is 5.56 Å². The zero-order chi connectivity index (χ0) is 17.0. The number of nitrogens with one attached hydrogen (secondary N) is 1. The van der Waals surface area contributed by atoms with E-state index in [0.29, 0.717) is 17.8 Å². The third-order valence-corrected chi connectivity index (χ3v) is 3.11. The minimum atomic E-state index is -4.55. The summed E-state index contributed by atoms with van der Waals surface area (Å²) in [6.45, 7) is 4.27. The monoisotopic (exact) mass is 325 g/mol. The zero-order valence-corrected chi connectivity index (χ0v) is 13.1. The van der Waals surface area contributed by atoms with Crippen molar-refractivity contribution in [1.29, 1.82) is 0 Å². The number of anilines is 2. The van der Waals surface area contributed by atoms with Gasteiger partial charge in [-0.3, -0.25) is 0 Å². The van der Waals surface area contributed by atoms with Crippen LogP contribution in [-0.2, 0) is 12.6 Å². The van der Waals surface area contributed by atoms with Gasteiger partial charge >= 0.3 is 6.18 Å². The van der Waals surface area contributed by atoms with E-state index in [1.807, 2.05) is 24.3 Å². The van der Waals surface area contributed by atoms with Gasteiger partial charge in [0.15, 0.2) is 0 Å². The number of alkyl halides is 3. The molecule has 0 saturated carbocycles. The standard InChI is InChI=1S/C16H18F3N3O/c1-10(2)8-11-4-6-12(7-5-11)21-15-20-9-13(16(17,18)19)14(22-15)23-3/h4-7,9-10H,8H2,1-3H3,(H,20,21,22). The second-order valence-electron chi connectivity index (χ2n) is 5.53. The molecule has 0 aliphatic rings. The Morgan fingerprint density at radius 3 is 2.35 bits per heavy atom. The van der Waals surface area contributed by atoms with E-state index in [0.717, 1.165) is 13.5 Å². The van der Waals surface area contributed by atoms with Gasteiger partial charge in [0, 0.05) is 11.9 Å². The first-order chi connectivity index (χ1) is 10.8. The second kappa shape index (κ2) is 6.85. The largest absolute Gasteiger partial charge is 0.480 e. The van der Waals surface area contributed by atoms with Crippen LogP contribution in [0.4, 0.5) is 24.8 Å². The van der Waals surface area contributed by atoms with Crippen LogP contribution in [0, 0.1) is 5.92 Å². The molecule has 0 spiro atoms. The summed E-state index contributed by atoms with van der Waals surface area (Å²) in [5.41, 5.74) is 0.883. The number of nitrogens with zero attached hydrogens (tertiary/aromatic N) is 2. The van der Waals surface area contributed by atoms with Crippen molar-refractivity contribution in [3.05, 3.63) is 41.6 Å². The summed E-state index contributed by atoms with van der Waals surface area (Å²) in [6, 6.07) is 7.60. The molecule has 0 saturated heterocycles. The molecular weight excluding hydrogens is 307 g/mol. The third-order valence-electron chi connectivity index (χ3n) is 3.11. The highest BCUT2D eigenvalue weighted by atomic mass is 19.4. The molecule has 0 atom stereocenters. The number of rotatable bonds is 5. The molecule has 4 nitrogen and oxygen atoms in total. The highest BCUT2D eigenvalue weighted by Crippen LogP contribution is 2.35. The lowest BCUT2D eigenvalue weighted by atomic mass is 10.0. The molecule has 1 heterocycles. The molecule has 7 heteroatoms. The van der Waals surface area contributed by atoms with Crippen molar-refractivity contribution >= 4 is 11.6 Å². The Morgan fingerprint density at radius 2 is 1.83 bits per heavy atom. The Hall–Kier alpha value is -2.31. The topological polar surface area (TPSA) is 47.0 Å². The summed E-state index contributed by atoms with van der Waals surface area (Å²) in [6.07, 6.45) is -2.88. The molecule has 23 heavy (non-hydrogen) atoms. The SMILES string of the molecule is COc1nc(Nc2ccc(CC(C)C)cc2)ncc1C(F)(F)F. The second-order valence-corrected chi connectivity index (χ2v) is 5.53. The lowest BCUT2D eigenvalue weighted by Crippen LogP contribution is -2.11. The molecule has 0 unspecified atom stereocenters. The van der Waals surface area contributed by atoms with Crippen LogP contribution in [0.25, 0.3) is 0 Å². The van der Waals surface area contributed by atoms with Crippen LogP contribution >= 0.6 is 0 Å². The van der Waals surface area contributed by atoms with Crippen LogP contribution in [0.5, 0.6) is 5.88 Å². The van der Waals surface area contributed by atoms with Gasteiger partial charge in [0.2, 0.25) is 11.8 Å². The van der Waals surface area contributed by atoms with Gasteiger partial charge in [-0.1, -0.05) is 26.0 Å². The zero-order valence-electron chi connectivity index (χ0n) is 13.1. The maximum Gasteiger partial charge on any atom is 0.423 e. The smallest absolute Gasteiger partial charge is 0.423 e. The van der Waals surface area contributed by atoms with E-state index in [1.165, 1.54) is 5.56 Å². The number of methoxy groups -OCH3 is 1. The van der Waals surface area contributed by atoms with E-state index in [4.69, 9.17) is 4.74 Å². The lowest BCUT2D eigenvalue weighted by Gasteiger charge is -2.12. The van der Waals surface area contributed by atoms with Crippen LogP contribution in [0.2, 0.25) is 0 Å². The number of ether oxygens (including phenoxy) is 1. The highest BCUT2D eigenvalue weighted by Gasteiger charge is 2.36. The Balaban J connectivity index is 2.17. The van der Waals surface area contributed by atoms with Crippen molar-refractivity contribution < 1.29 is 17.9 Å². The number of aromatic nitrogens is 2. The summed E-state index contributed by atoms with van der Waals surface area (Å²) >= 11 is 0. The summed E-state index contributed by atoms with van der Waals surface area (Å²) in [5.74, 6) is 0.0919. The summed E-state index contributed by atoms with van der Waals surface area (Å²) in [5, 5.41) is 2.87. The van der Waals surface area contributed by atoms with Gasteiger partial charge in [-0.15, -0.1) is 0 Å². The molecule has 1 aromatic heterocycles. The summed E-state index contributed by atoms with van der Waals surface area (Å²) in [4.78, 5) is 7.46. The predicted octanol–water partition coefficient (Wildman–Crippen LogP) is 4.45. The first kappa shape index (κ1) is 17.1. The van der Waals surface area contributed by atoms with E-state index < -0.39 is 17.6 Å². The minimum Gasteiger partial charge on any atom is -0.480 e. The Bertz CT molecular complexity index is 655. The number of benzene rings is 1. The Kier molecular flexibility index (Phi) is 5.08. The number of halogens is 3. The van der Waals surface area contributed by atoms with Gasteiger partial charge in [0.25, 0.3) is 0 Å². The number of hydrogen-bond donors (Lipinski definition) is 1. The van der Waals surface area contributed by atoms with Gasteiger partial charge < -0.3 is 10.1 Å². The molecule has 0 bridgehead atoms.